The number of carbonyl (C=O) groups excluding carboxylic acids is 2. The molecule has 0 aromatic carbocycles. The van der Waals surface area contributed by atoms with Gasteiger partial charge in [-0.2, -0.15) is 4.98 Å². The summed E-state index contributed by atoms with van der Waals surface area (Å²) in [5.41, 5.74) is 0.262. The number of carbonyl (C=O) groups is 2. The molecule has 2 aliphatic carbocycles. The molecule has 11 heteroatoms. The van der Waals surface area contributed by atoms with Crippen molar-refractivity contribution >= 4 is 29.9 Å². The van der Waals surface area contributed by atoms with Gasteiger partial charge in [0.1, 0.15) is 5.56 Å². The van der Waals surface area contributed by atoms with Crippen LogP contribution in [0.5, 0.6) is 0 Å². The summed E-state index contributed by atoms with van der Waals surface area (Å²) in [6, 6.07) is 0.0835. The standard InChI is InChI=1S/C22H33N7O4/c30-10-8-23-21-25-12-18(19(28-21)24-11-14-1-5-17(31)6-2-14)20(32)26-16-7-9-29(13-16)22(33)27-15-3-4-15/h11-12,14-17,30-31H,1-10,13H2,(H,26,32)(H,27,33)(H,23,25,28)/t14?,16-,17?/m0/s1. The Balaban J connectivity index is 1.41. The van der Waals surface area contributed by atoms with Crippen LogP contribution >= 0.6 is 0 Å². The van der Waals surface area contributed by atoms with Gasteiger partial charge in [0, 0.05) is 44.1 Å². The fourth-order valence-corrected chi connectivity index (χ4v) is 4.13. The second-order valence-electron chi connectivity index (χ2n) is 9.06. The monoisotopic (exact) mass is 459 g/mol. The number of hydrogen-bond donors (Lipinski definition) is 5. The molecular formula is C22H33N7O4. The molecule has 1 saturated heterocycles. The van der Waals surface area contributed by atoms with Crippen LogP contribution in [0.15, 0.2) is 11.2 Å². The molecular weight excluding hydrogens is 426 g/mol. The van der Waals surface area contributed by atoms with Crippen molar-refractivity contribution in [2.45, 2.75) is 63.1 Å². The maximum absolute atomic E-state index is 13.0. The van der Waals surface area contributed by atoms with Crippen LogP contribution in [0, 0.1) is 5.92 Å². The Morgan fingerprint density at radius 2 is 1.91 bits per heavy atom. The van der Waals surface area contributed by atoms with Crippen molar-refractivity contribution in [2.24, 2.45) is 10.9 Å². The number of aliphatic hydroxyl groups is 2. The maximum atomic E-state index is 13.0. The van der Waals surface area contributed by atoms with Crippen molar-refractivity contribution in [1.29, 1.82) is 0 Å². The van der Waals surface area contributed by atoms with Gasteiger partial charge < -0.3 is 31.1 Å². The molecule has 2 heterocycles. The van der Waals surface area contributed by atoms with E-state index in [9.17, 15) is 14.7 Å². The van der Waals surface area contributed by atoms with Crippen LogP contribution in [0.3, 0.4) is 0 Å². The summed E-state index contributed by atoms with van der Waals surface area (Å²) in [7, 11) is 0. The first kappa shape index (κ1) is 23.4. The molecule has 0 radical (unpaired) electrons. The average molecular weight is 460 g/mol. The number of anilines is 1. The third-order valence-corrected chi connectivity index (χ3v) is 6.27. The number of nitrogens with one attached hydrogen (secondary N) is 3. The minimum absolute atomic E-state index is 0.0683. The van der Waals surface area contributed by atoms with Gasteiger partial charge in [0.25, 0.3) is 5.91 Å². The van der Waals surface area contributed by atoms with Crippen molar-refractivity contribution in [2.75, 3.05) is 31.6 Å². The van der Waals surface area contributed by atoms with E-state index < -0.39 is 0 Å². The van der Waals surface area contributed by atoms with E-state index in [0.717, 1.165) is 38.5 Å². The van der Waals surface area contributed by atoms with Crippen molar-refractivity contribution in [1.82, 2.24) is 25.5 Å². The molecule has 3 fully saturated rings. The van der Waals surface area contributed by atoms with Crippen LogP contribution in [0.1, 0.15) is 55.3 Å². The Bertz CT molecular complexity index is 868. The van der Waals surface area contributed by atoms with Crippen LogP contribution in [0.2, 0.25) is 0 Å². The molecule has 1 aromatic heterocycles. The lowest BCUT2D eigenvalue weighted by Gasteiger charge is -2.22. The lowest BCUT2D eigenvalue weighted by atomic mass is 9.88. The third kappa shape index (κ3) is 6.61. The number of hydrogen-bond acceptors (Lipinski definition) is 8. The van der Waals surface area contributed by atoms with Crippen molar-refractivity contribution in [3.8, 4) is 0 Å². The van der Waals surface area contributed by atoms with Gasteiger partial charge in [-0.25, -0.2) is 14.8 Å². The largest absolute Gasteiger partial charge is 0.395 e. The summed E-state index contributed by atoms with van der Waals surface area (Å²) < 4.78 is 0. The molecule has 3 amide bonds. The summed E-state index contributed by atoms with van der Waals surface area (Å²) >= 11 is 0. The van der Waals surface area contributed by atoms with Crippen LogP contribution in [0.4, 0.5) is 16.6 Å². The molecule has 0 bridgehead atoms. The molecule has 0 spiro atoms. The Morgan fingerprint density at radius 3 is 2.64 bits per heavy atom. The number of likely N-dealkylation sites (tertiary alicyclic amines) is 1. The van der Waals surface area contributed by atoms with E-state index in [-0.39, 0.29) is 60.5 Å². The molecule has 180 valence electrons. The highest BCUT2D eigenvalue weighted by Gasteiger charge is 2.31. The molecule has 1 aromatic rings. The Hall–Kier alpha value is -2.79. The fourth-order valence-electron chi connectivity index (χ4n) is 4.13. The first-order valence-corrected chi connectivity index (χ1v) is 11.8. The van der Waals surface area contributed by atoms with Gasteiger partial charge in [0.15, 0.2) is 5.82 Å². The third-order valence-electron chi connectivity index (χ3n) is 6.27. The summed E-state index contributed by atoms with van der Waals surface area (Å²) in [5, 5.41) is 27.6. The average Bonchev–Trinajstić information content (AvgIpc) is 3.51. The van der Waals surface area contributed by atoms with E-state index in [2.05, 4.69) is 30.9 Å². The lowest BCUT2D eigenvalue weighted by Crippen LogP contribution is -2.42. The topological polar surface area (TPSA) is 152 Å². The van der Waals surface area contributed by atoms with Gasteiger partial charge in [0.2, 0.25) is 5.95 Å². The summed E-state index contributed by atoms with van der Waals surface area (Å²) in [6.07, 6.45) is 8.91. The van der Waals surface area contributed by atoms with Gasteiger partial charge in [-0.05, 0) is 50.9 Å². The number of aromatic nitrogens is 2. The fraction of sp³-hybridized carbons (Fsp3) is 0.682. The predicted molar refractivity (Wildman–Crippen MR) is 123 cm³/mol. The van der Waals surface area contributed by atoms with Gasteiger partial charge in [0.05, 0.1) is 12.7 Å². The highest BCUT2D eigenvalue weighted by Crippen LogP contribution is 2.25. The number of amides is 3. The van der Waals surface area contributed by atoms with Crippen molar-refractivity contribution < 1.29 is 19.8 Å². The highest BCUT2D eigenvalue weighted by atomic mass is 16.3. The summed E-state index contributed by atoms with van der Waals surface area (Å²) in [6.45, 7) is 1.28. The molecule has 1 atom stereocenters. The minimum Gasteiger partial charge on any atom is -0.395 e. The zero-order valence-corrected chi connectivity index (χ0v) is 18.7. The molecule has 1 aliphatic heterocycles. The summed E-state index contributed by atoms with van der Waals surface area (Å²) in [4.78, 5) is 40.1. The number of urea groups is 1. The molecule has 0 unspecified atom stereocenters. The van der Waals surface area contributed by atoms with Crippen LogP contribution in [-0.4, -0.2) is 87.7 Å². The van der Waals surface area contributed by atoms with E-state index in [1.54, 1.807) is 11.1 Å². The number of rotatable bonds is 8. The number of nitrogens with zero attached hydrogens (tertiary/aromatic N) is 4. The molecule has 2 saturated carbocycles. The Kier molecular flexibility index (Phi) is 7.71. The molecule has 5 N–H and O–H groups in total. The van der Waals surface area contributed by atoms with Crippen molar-refractivity contribution in [3.63, 3.8) is 0 Å². The van der Waals surface area contributed by atoms with Crippen LogP contribution in [-0.2, 0) is 0 Å². The molecule has 4 rings (SSSR count). The molecule has 33 heavy (non-hydrogen) atoms. The van der Waals surface area contributed by atoms with E-state index in [1.807, 2.05) is 0 Å². The van der Waals surface area contributed by atoms with E-state index in [4.69, 9.17) is 5.11 Å². The molecule has 11 nitrogen and oxygen atoms in total. The quantitative estimate of drug-likeness (QED) is 0.361. The maximum Gasteiger partial charge on any atom is 0.317 e. The zero-order valence-electron chi connectivity index (χ0n) is 18.7. The first-order chi connectivity index (χ1) is 16.0. The van der Waals surface area contributed by atoms with E-state index in [1.165, 1.54) is 6.20 Å². The number of aliphatic hydroxyl groups excluding tert-OH is 2. The first-order valence-electron chi connectivity index (χ1n) is 11.8. The smallest absolute Gasteiger partial charge is 0.317 e. The van der Waals surface area contributed by atoms with E-state index >= 15 is 0 Å². The normalized spacial score (nSPS) is 25.3. The van der Waals surface area contributed by atoms with Crippen LogP contribution in [0.25, 0.3) is 0 Å². The second kappa shape index (κ2) is 10.9. The predicted octanol–water partition coefficient (Wildman–Crippen LogP) is 0.810. The van der Waals surface area contributed by atoms with Crippen molar-refractivity contribution in [3.05, 3.63) is 11.8 Å². The Morgan fingerprint density at radius 1 is 1.12 bits per heavy atom. The highest BCUT2D eigenvalue weighted by molar-refractivity contribution is 5.98. The Labute approximate surface area is 193 Å². The van der Waals surface area contributed by atoms with Gasteiger partial charge in [-0.1, -0.05) is 0 Å². The van der Waals surface area contributed by atoms with Gasteiger partial charge in [-0.15, -0.1) is 0 Å². The second-order valence-corrected chi connectivity index (χ2v) is 9.06. The van der Waals surface area contributed by atoms with Gasteiger partial charge in [-0.3, -0.25) is 4.79 Å². The summed E-state index contributed by atoms with van der Waals surface area (Å²) in [5.74, 6) is 0.442. The molecule has 3 aliphatic rings. The SMILES string of the molecule is O=C(N[C@H]1CCN(C(=O)NC2CC2)C1)c1cnc(NCCO)nc1N=CC1CCC(O)CC1. The lowest BCUT2D eigenvalue weighted by molar-refractivity contribution is 0.0938. The minimum atomic E-state index is -0.329. The number of aliphatic imine (C=N–C) groups is 1. The van der Waals surface area contributed by atoms with Gasteiger partial charge >= 0.3 is 6.03 Å². The van der Waals surface area contributed by atoms with Crippen LogP contribution < -0.4 is 16.0 Å². The van der Waals surface area contributed by atoms with E-state index in [0.29, 0.717) is 25.6 Å². The zero-order chi connectivity index (χ0) is 23.2.